The lowest BCUT2D eigenvalue weighted by Gasteiger charge is -2.14. The van der Waals surface area contributed by atoms with E-state index in [1.54, 1.807) is 31.2 Å². The summed E-state index contributed by atoms with van der Waals surface area (Å²) in [5.41, 5.74) is -0.0232. The van der Waals surface area contributed by atoms with Crippen LogP contribution in [0, 0.1) is 0 Å². The summed E-state index contributed by atoms with van der Waals surface area (Å²) >= 11 is 0. The van der Waals surface area contributed by atoms with E-state index in [1.165, 1.54) is 0 Å². The molecule has 0 aliphatic carbocycles. The molecule has 0 aliphatic heterocycles. The third kappa shape index (κ3) is 3.52. The van der Waals surface area contributed by atoms with E-state index in [1.807, 2.05) is 30.3 Å². The number of rotatable bonds is 5. The summed E-state index contributed by atoms with van der Waals surface area (Å²) < 4.78 is 5.78. The lowest BCUT2D eigenvalue weighted by atomic mass is 10.1. The fraction of sp³-hybridized carbons (Fsp3) is 0.118. The molecule has 3 N–H and O–H groups in total. The molecule has 0 saturated heterocycles. The minimum Gasteiger partial charge on any atom is -0.457 e. The highest BCUT2D eigenvalue weighted by Gasteiger charge is 2.17. The molecule has 1 aromatic heterocycles. The minimum absolute atomic E-state index is 0.321. The molecule has 0 saturated carbocycles. The maximum atomic E-state index is 12.5. The van der Waals surface area contributed by atoms with E-state index in [2.05, 4.69) is 20.5 Å². The molecule has 3 aromatic rings. The molecule has 2 aromatic carbocycles. The number of nitrogens with zero attached hydrogens (tertiary/aromatic N) is 1. The fourth-order valence-corrected chi connectivity index (χ4v) is 2.19. The molecule has 0 bridgehead atoms. The fourth-order valence-electron chi connectivity index (χ4n) is 2.19. The van der Waals surface area contributed by atoms with Crippen molar-refractivity contribution in [3.8, 4) is 11.5 Å². The molecule has 1 heterocycles. The first-order valence-corrected chi connectivity index (χ1v) is 7.41. The number of hydrogen-bond acceptors (Lipinski definition) is 4. The van der Waals surface area contributed by atoms with E-state index in [0.29, 0.717) is 22.9 Å². The van der Waals surface area contributed by atoms with Gasteiger partial charge in [-0.05, 0) is 31.2 Å². The highest BCUT2D eigenvalue weighted by Crippen LogP contribution is 2.25. The summed E-state index contributed by atoms with van der Waals surface area (Å²) in [6.07, 6.45) is 0. The topological polar surface area (TPSA) is 99.9 Å². The Morgan fingerprint density at radius 1 is 1.12 bits per heavy atom. The van der Waals surface area contributed by atoms with Gasteiger partial charge in [-0.2, -0.15) is 5.10 Å². The van der Waals surface area contributed by atoms with E-state index in [9.17, 15) is 9.59 Å². The van der Waals surface area contributed by atoms with Gasteiger partial charge in [-0.1, -0.05) is 30.3 Å². The second kappa shape index (κ2) is 6.82. The molecule has 3 rings (SSSR count). The molecule has 1 amide bonds. The van der Waals surface area contributed by atoms with Crippen LogP contribution in [-0.4, -0.2) is 21.1 Å². The Hall–Kier alpha value is -3.35. The average Bonchev–Trinajstić information content (AvgIpc) is 3.03. The molecule has 0 aliphatic rings. The number of aromatic nitrogens is 3. The largest absolute Gasteiger partial charge is 0.457 e. The van der Waals surface area contributed by atoms with Crippen LogP contribution in [0.1, 0.15) is 29.1 Å². The van der Waals surface area contributed by atoms with Crippen LogP contribution < -0.4 is 15.7 Å². The number of carbonyl (C=O) groups is 1. The third-order valence-electron chi connectivity index (χ3n) is 3.38. The van der Waals surface area contributed by atoms with Crippen molar-refractivity contribution in [2.24, 2.45) is 0 Å². The van der Waals surface area contributed by atoms with Gasteiger partial charge in [0.25, 0.3) is 5.91 Å². The molecule has 0 spiro atoms. The Bertz CT molecular complexity index is 886. The van der Waals surface area contributed by atoms with Gasteiger partial charge in [0, 0.05) is 0 Å². The van der Waals surface area contributed by atoms with Crippen LogP contribution in [0.4, 0.5) is 0 Å². The molecule has 0 fully saturated rings. The summed E-state index contributed by atoms with van der Waals surface area (Å²) in [5.74, 6) is 1.12. The van der Waals surface area contributed by atoms with Crippen LogP contribution >= 0.6 is 0 Å². The number of benzene rings is 2. The zero-order valence-electron chi connectivity index (χ0n) is 12.9. The van der Waals surface area contributed by atoms with Crippen LogP contribution in [0.5, 0.6) is 11.5 Å². The molecule has 1 atom stereocenters. The van der Waals surface area contributed by atoms with Gasteiger partial charge in [0.1, 0.15) is 11.5 Å². The Morgan fingerprint density at radius 3 is 2.54 bits per heavy atom. The van der Waals surface area contributed by atoms with Crippen molar-refractivity contribution >= 4 is 5.91 Å². The second-order valence-corrected chi connectivity index (χ2v) is 5.17. The first-order valence-electron chi connectivity index (χ1n) is 7.41. The zero-order valence-corrected chi connectivity index (χ0v) is 12.9. The van der Waals surface area contributed by atoms with Gasteiger partial charge >= 0.3 is 5.69 Å². The maximum absolute atomic E-state index is 12.5. The average molecular weight is 324 g/mol. The predicted octanol–water partition coefficient (Wildman–Crippen LogP) is 2.38. The highest BCUT2D eigenvalue weighted by atomic mass is 16.5. The van der Waals surface area contributed by atoms with Crippen molar-refractivity contribution in [1.29, 1.82) is 0 Å². The normalized spacial score (nSPS) is 11.7. The molecule has 122 valence electrons. The van der Waals surface area contributed by atoms with Crippen molar-refractivity contribution in [3.63, 3.8) is 0 Å². The van der Waals surface area contributed by atoms with E-state index >= 15 is 0 Å². The van der Waals surface area contributed by atoms with Crippen molar-refractivity contribution in [2.75, 3.05) is 0 Å². The van der Waals surface area contributed by atoms with Crippen molar-refractivity contribution in [1.82, 2.24) is 20.5 Å². The van der Waals surface area contributed by atoms with E-state index in [4.69, 9.17) is 4.74 Å². The number of para-hydroxylation sites is 2. The van der Waals surface area contributed by atoms with Crippen LogP contribution in [0.15, 0.2) is 59.4 Å². The minimum atomic E-state index is -0.457. The first kappa shape index (κ1) is 15.5. The first-order chi connectivity index (χ1) is 11.6. The monoisotopic (exact) mass is 324 g/mol. The standard InChI is InChI=1S/C17H16N4O3/c1-11(15-19-17(23)21-20-15)18-16(22)13-9-5-6-10-14(13)24-12-7-3-2-4-8-12/h2-11H,1H3,(H,18,22)(H2,19,20,21,23)/t11-/m0/s1. The SMILES string of the molecule is C[C@H](NC(=O)c1ccccc1Oc1ccccc1)c1n[nH]c(=O)[nH]1. The molecule has 7 heteroatoms. The summed E-state index contributed by atoms with van der Waals surface area (Å²) in [6, 6.07) is 15.7. The predicted molar refractivity (Wildman–Crippen MR) is 88.0 cm³/mol. The molecular formula is C17H16N4O3. The van der Waals surface area contributed by atoms with Crippen molar-refractivity contribution in [3.05, 3.63) is 76.5 Å². The Morgan fingerprint density at radius 2 is 1.83 bits per heavy atom. The summed E-state index contributed by atoms with van der Waals surface area (Å²) in [7, 11) is 0. The number of aromatic amines is 2. The van der Waals surface area contributed by atoms with Gasteiger partial charge in [0.2, 0.25) is 0 Å². The quantitative estimate of drug-likeness (QED) is 0.671. The Labute approximate surface area is 137 Å². The van der Waals surface area contributed by atoms with Gasteiger partial charge in [0.05, 0.1) is 11.6 Å². The number of nitrogens with one attached hydrogen (secondary N) is 3. The lowest BCUT2D eigenvalue weighted by molar-refractivity contribution is 0.0936. The van der Waals surface area contributed by atoms with Gasteiger partial charge in [-0.3, -0.25) is 9.78 Å². The summed E-state index contributed by atoms with van der Waals surface area (Å²) in [6.45, 7) is 1.73. The van der Waals surface area contributed by atoms with Crippen molar-refractivity contribution < 1.29 is 9.53 Å². The van der Waals surface area contributed by atoms with E-state index in [0.717, 1.165) is 0 Å². The zero-order chi connectivity index (χ0) is 16.9. The number of amides is 1. The summed E-state index contributed by atoms with van der Waals surface area (Å²) in [5, 5.41) is 8.86. The molecular weight excluding hydrogens is 308 g/mol. The second-order valence-electron chi connectivity index (χ2n) is 5.17. The highest BCUT2D eigenvalue weighted by molar-refractivity contribution is 5.97. The van der Waals surface area contributed by atoms with Gasteiger partial charge in [0.15, 0.2) is 5.82 Å². The van der Waals surface area contributed by atoms with Crippen LogP contribution in [0.3, 0.4) is 0 Å². The van der Waals surface area contributed by atoms with Crippen molar-refractivity contribution in [2.45, 2.75) is 13.0 Å². The van der Waals surface area contributed by atoms with Crippen LogP contribution in [0.25, 0.3) is 0 Å². The molecule has 0 radical (unpaired) electrons. The molecule has 24 heavy (non-hydrogen) atoms. The van der Waals surface area contributed by atoms with Gasteiger partial charge in [-0.25, -0.2) is 9.89 Å². The van der Waals surface area contributed by atoms with Gasteiger partial charge in [-0.15, -0.1) is 0 Å². The third-order valence-corrected chi connectivity index (χ3v) is 3.38. The lowest BCUT2D eigenvalue weighted by Crippen LogP contribution is -2.28. The number of H-pyrrole nitrogens is 2. The van der Waals surface area contributed by atoms with Gasteiger partial charge < -0.3 is 10.1 Å². The number of hydrogen-bond donors (Lipinski definition) is 3. The molecule has 7 nitrogen and oxygen atoms in total. The number of ether oxygens (including phenoxy) is 1. The maximum Gasteiger partial charge on any atom is 0.340 e. The number of carbonyl (C=O) groups excluding carboxylic acids is 1. The molecule has 0 unspecified atom stereocenters. The van der Waals surface area contributed by atoms with E-state index < -0.39 is 11.7 Å². The summed E-state index contributed by atoms with van der Waals surface area (Å²) in [4.78, 5) is 26.1. The van der Waals surface area contributed by atoms with E-state index in [-0.39, 0.29) is 5.91 Å². The smallest absolute Gasteiger partial charge is 0.340 e. The van der Waals surface area contributed by atoms with Crippen LogP contribution in [0.2, 0.25) is 0 Å². The van der Waals surface area contributed by atoms with Crippen LogP contribution in [-0.2, 0) is 0 Å². The Balaban J connectivity index is 1.78. The Kier molecular flexibility index (Phi) is 4.42.